The molecule has 4 heteroatoms. The summed E-state index contributed by atoms with van der Waals surface area (Å²) in [5, 5.41) is 2.50. The van der Waals surface area contributed by atoms with Crippen molar-refractivity contribution in [3.63, 3.8) is 0 Å². The van der Waals surface area contributed by atoms with Crippen LogP contribution in [0.4, 0.5) is 0 Å². The summed E-state index contributed by atoms with van der Waals surface area (Å²) in [6.45, 7) is 1.38. The van der Waals surface area contributed by atoms with Gasteiger partial charge in [0, 0.05) is 18.5 Å². The van der Waals surface area contributed by atoms with Crippen LogP contribution in [0.2, 0.25) is 0 Å². The minimum absolute atomic E-state index is 0. The molecule has 0 radical (unpaired) electrons. The highest BCUT2D eigenvalue weighted by atomic mass is 35.5. The summed E-state index contributed by atoms with van der Waals surface area (Å²) in [5.41, 5.74) is 7.13. The summed E-state index contributed by atoms with van der Waals surface area (Å²) < 4.78 is 0. The number of hydrogen-bond donors (Lipinski definition) is 1. The second-order valence-electron chi connectivity index (χ2n) is 7.41. The third kappa shape index (κ3) is 3.83. The van der Waals surface area contributed by atoms with Crippen molar-refractivity contribution in [3.8, 4) is 0 Å². The lowest BCUT2D eigenvalue weighted by molar-refractivity contribution is -0.137. The molecule has 134 valence electrons. The first kappa shape index (κ1) is 18.2. The van der Waals surface area contributed by atoms with E-state index in [1.54, 1.807) is 0 Å². The molecule has 0 unspecified atom stereocenters. The van der Waals surface area contributed by atoms with Gasteiger partial charge in [0.15, 0.2) is 0 Å². The Morgan fingerprint density at radius 1 is 1.04 bits per heavy atom. The largest absolute Gasteiger partial charge is 0.335 e. The van der Waals surface area contributed by atoms with Gasteiger partial charge in [-0.15, -0.1) is 12.4 Å². The average Bonchev–Trinajstić information content (AvgIpc) is 3.35. The number of halogens is 1. The minimum atomic E-state index is 0. The van der Waals surface area contributed by atoms with Gasteiger partial charge < -0.3 is 10.6 Å². The fraction of sp³-hybridized carbons (Fsp3) is 0.476. The van der Waals surface area contributed by atoms with Crippen molar-refractivity contribution in [1.82, 2.24) is 4.90 Å². The number of fused-ring (bicyclic) bond motifs is 1. The van der Waals surface area contributed by atoms with Gasteiger partial charge in [0.25, 0.3) is 0 Å². The lowest BCUT2D eigenvalue weighted by Gasteiger charge is -2.28. The average molecular weight is 359 g/mol. The van der Waals surface area contributed by atoms with Gasteiger partial charge in [-0.2, -0.15) is 0 Å². The monoisotopic (exact) mass is 358 g/mol. The molecule has 1 amide bonds. The van der Waals surface area contributed by atoms with Gasteiger partial charge in [-0.05, 0) is 60.5 Å². The lowest BCUT2D eigenvalue weighted by Crippen LogP contribution is -2.40. The quantitative estimate of drug-likeness (QED) is 0.873. The predicted octanol–water partition coefficient (Wildman–Crippen LogP) is 4.13. The number of carbonyl (C=O) groups excluding carboxylic acids is 1. The normalized spacial score (nSPS) is 22.6. The Balaban J connectivity index is 0.00000182. The van der Waals surface area contributed by atoms with E-state index in [0.29, 0.717) is 24.4 Å². The molecule has 2 aliphatic rings. The summed E-state index contributed by atoms with van der Waals surface area (Å²) in [7, 11) is 0. The number of nitrogens with zero attached hydrogens (tertiary/aromatic N) is 1. The zero-order valence-electron chi connectivity index (χ0n) is 14.6. The summed E-state index contributed by atoms with van der Waals surface area (Å²) in [6.07, 6.45) is 5.58. The van der Waals surface area contributed by atoms with E-state index in [1.165, 1.54) is 16.3 Å². The molecule has 25 heavy (non-hydrogen) atoms. The molecular formula is C21H27ClN2O. The van der Waals surface area contributed by atoms with Crippen molar-refractivity contribution < 1.29 is 4.79 Å². The fourth-order valence-electron chi connectivity index (χ4n) is 4.16. The maximum absolute atomic E-state index is 13.1. The maximum atomic E-state index is 13.1. The smallest absolute Gasteiger partial charge is 0.226 e. The molecule has 4 rings (SSSR count). The van der Waals surface area contributed by atoms with Crippen molar-refractivity contribution in [2.45, 2.75) is 44.7 Å². The number of rotatable bonds is 5. The molecule has 2 atom stereocenters. The Labute approximate surface area is 156 Å². The highest BCUT2D eigenvalue weighted by Gasteiger charge is 2.40. The first-order valence-electron chi connectivity index (χ1n) is 9.24. The van der Waals surface area contributed by atoms with Crippen LogP contribution in [-0.4, -0.2) is 23.4 Å². The Kier molecular flexibility index (Phi) is 5.65. The van der Waals surface area contributed by atoms with Gasteiger partial charge in [0.1, 0.15) is 0 Å². The summed E-state index contributed by atoms with van der Waals surface area (Å²) >= 11 is 0. The van der Waals surface area contributed by atoms with Crippen LogP contribution in [0.15, 0.2) is 42.5 Å². The Morgan fingerprint density at radius 3 is 2.52 bits per heavy atom. The second kappa shape index (κ2) is 7.76. The Morgan fingerprint density at radius 2 is 1.80 bits per heavy atom. The van der Waals surface area contributed by atoms with E-state index in [1.807, 2.05) is 0 Å². The van der Waals surface area contributed by atoms with E-state index < -0.39 is 0 Å². The topological polar surface area (TPSA) is 46.3 Å². The predicted molar refractivity (Wildman–Crippen MR) is 105 cm³/mol. The number of amides is 1. The third-order valence-corrected chi connectivity index (χ3v) is 5.72. The summed E-state index contributed by atoms with van der Waals surface area (Å²) in [4.78, 5) is 15.3. The van der Waals surface area contributed by atoms with Gasteiger partial charge in [-0.1, -0.05) is 42.8 Å². The Bertz CT molecular complexity index is 744. The SMILES string of the molecule is Cl.NC[C@H]1CCC[C@H]1C(=O)N(Cc1ccc2ccccc2c1)C1CC1. The Hall–Kier alpha value is -1.58. The van der Waals surface area contributed by atoms with Crippen molar-refractivity contribution in [1.29, 1.82) is 0 Å². The molecule has 2 saturated carbocycles. The van der Waals surface area contributed by atoms with Crippen LogP contribution in [-0.2, 0) is 11.3 Å². The first-order valence-corrected chi connectivity index (χ1v) is 9.24. The van der Waals surface area contributed by atoms with Gasteiger partial charge in [0.05, 0.1) is 0 Å². The van der Waals surface area contributed by atoms with Gasteiger partial charge in [0.2, 0.25) is 5.91 Å². The van der Waals surface area contributed by atoms with E-state index in [2.05, 4.69) is 47.4 Å². The second-order valence-corrected chi connectivity index (χ2v) is 7.41. The van der Waals surface area contributed by atoms with Crippen molar-refractivity contribution in [2.75, 3.05) is 6.54 Å². The van der Waals surface area contributed by atoms with Crippen LogP contribution < -0.4 is 5.73 Å². The molecule has 3 nitrogen and oxygen atoms in total. The van der Waals surface area contributed by atoms with Crippen LogP contribution in [0.1, 0.15) is 37.7 Å². The molecule has 2 N–H and O–H groups in total. The molecule has 2 aromatic rings. The van der Waals surface area contributed by atoms with E-state index in [9.17, 15) is 4.79 Å². The molecule has 0 aromatic heterocycles. The molecule has 2 aromatic carbocycles. The number of carbonyl (C=O) groups is 1. The summed E-state index contributed by atoms with van der Waals surface area (Å²) in [6, 6.07) is 15.4. The van der Waals surface area contributed by atoms with Crippen LogP contribution in [0.3, 0.4) is 0 Å². The van der Waals surface area contributed by atoms with Crippen LogP contribution in [0.25, 0.3) is 10.8 Å². The van der Waals surface area contributed by atoms with E-state index >= 15 is 0 Å². The maximum Gasteiger partial charge on any atom is 0.226 e. The van der Waals surface area contributed by atoms with Crippen molar-refractivity contribution >= 4 is 29.1 Å². The lowest BCUT2D eigenvalue weighted by atomic mass is 9.94. The molecule has 2 aliphatic carbocycles. The third-order valence-electron chi connectivity index (χ3n) is 5.72. The number of nitrogens with two attached hydrogens (primary N) is 1. The number of benzene rings is 2. The van der Waals surface area contributed by atoms with Crippen LogP contribution in [0, 0.1) is 11.8 Å². The van der Waals surface area contributed by atoms with Crippen LogP contribution >= 0.6 is 12.4 Å². The molecular weight excluding hydrogens is 332 g/mol. The number of hydrogen-bond acceptors (Lipinski definition) is 2. The highest BCUT2D eigenvalue weighted by molar-refractivity contribution is 5.85. The van der Waals surface area contributed by atoms with Crippen molar-refractivity contribution in [2.24, 2.45) is 17.6 Å². The fourth-order valence-corrected chi connectivity index (χ4v) is 4.16. The van der Waals surface area contributed by atoms with Gasteiger partial charge in [-0.25, -0.2) is 0 Å². The summed E-state index contributed by atoms with van der Waals surface area (Å²) in [5.74, 6) is 0.880. The van der Waals surface area contributed by atoms with Crippen LogP contribution in [0.5, 0.6) is 0 Å². The van der Waals surface area contributed by atoms with Crippen molar-refractivity contribution in [3.05, 3.63) is 48.0 Å². The highest BCUT2D eigenvalue weighted by Crippen LogP contribution is 2.37. The standard InChI is InChI=1S/C21H26N2O.ClH/c22-13-18-6-3-7-20(18)21(24)23(19-10-11-19)14-15-8-9-16-4-1-2-5-17(16)12-15;/h1-2,4-5,8-9,12,18-20H,3,6-7,10-11,13-14,22H2;1H/t18-,20-;/m1./s1. The molecule has 0 spiro atoms. The zero-order chi connectivity index (χ0) is 16.5. The molecule has 2 fully saturated rings. The van der Waals surface area contributed by atoms with E-state index in [-0.39, 0.29) is 18.3 Å². The molecule has 0 aliphatic heterocycles. The van der Waals surface area contributed by atoms with Gasteiger partial charge >= 0.3 is 0 Å². The molecule has 0 bridgehead atoms. The van der Waals surface area contributed by atoms with E-state index in [0.717, 1.165) is 38.6 Å². The zero-order valence-corrected chi connectivity index (χ0v) is 15.4. The minimum Gasteiger partial charge on any atom is -0.335 e. The van der Waals surface area contributed by atoms with E-state index in [4.69, 9.17) is 5.73 Å². The molecule has 0 heterocycles. The molecule has 0 saturated heterocycles. The first-order chi connectivity index (χ1) is 11.8. The van der Waals surface area contributed by atoms with Gasteiger partial charge in [-0.3, -0.25) is 4.79 Å².